The molecule has 4 nitrogen and oxygen atoms in total. The zero-order chi connectivity index (χ0) is 4.50. The van der Waals surface area contributed by atoms with Crippen LogP contribution in [-0.2, 0) is 10.1 Å². The average molecular weight is 113 g/mol. The molecular weight excluding hydrogens is 108 g/mol. The summed E-state index contributed by atoms with van der Waals surface area (Å²) in [4.78, 5) is 0. The zero-order valence-electron chi connectivity index (χ0n) is 3.13. The molecule has 0 saturated heterocycles. The molecule has 5 heteroatoms. The molecule has 0 unspecified atom stereocenters. The molecule has 0 aromatic heterocycles. The smallest absolute Gasteiger partial charge is 0.0916 e. The molecule has 0 spiro atoms. The Hall–Kier alpha value is -0.130. The molecule has 0 bridgehead atoms. The first-order valence-corrected chi connectivity index (χ1v) is 2.72. The maximum Gasteiger partial charge on any atom is 0.0916 e. The van der Waals surface area contributed by atoms with Gasteiger partial charge in [-0.15, -0.1) is 0 Å². The van der Waals surface area contributed by atoms with Gasteiger partial charge in [-0.2, -0.15) is 0 Å². The summed E-state index contributed by atoms with van der Waals surface area (Å²) in [5.74, 6) is 0. The van der Waals surface area contributed by atoms with Gasteiger partial charge in [-0.1, -0.05) is 0 Å². The van der Waals surface area contributed by atoms with Crippen molar-refractivity contribution in [2.24, 2.45) is 0 Å². The second-order valence-corrected chi connectivity index (χ2v) is 2.11. The highest BCUT2D eigenvalue weighted by molar-refractivity contribution is 7.84. The molecule has 0 heterocycles. The standard InChI is InChI=1S/CH4O3S.H2O/c1-5(2,3)4;/h1H3,(H,2,3,4);1H2/p-1. The van der Waals surface area contributed by atoms with Crippen LogP contribution in [0.15, 0.2) is 0 Å². The molecule has 0 atom stereocenters. The first-order chi connectivity index (χ1) is 2.00. The molecule has 0 aliphatic heterocycles. The molecule has 0 aromatic carbocycles. The fraction of sp³-hybridized carbons (Fsp3) is 1.00. The van der Waals surface area contributed by atoms with Crippen molar-refractivity contribution in [3.63, 3.8) is 0 Å². The molecule has 6 heavy (non-hydrogen) atoms. The van der Waals surface area contributed by atoms with E-state index in [2.05, 4.69) is 0 Å². The molecule has 40 valence electrons. The Balaban J connectivity index is 0. The van der Waals surface area contributed by atoms with Gasteiger partial charge in [0, 0.05) is 6.26 Å². The van der Waals surface area contributed by atoms with E-state index in [4.69, 9.17) is 13.0 Å². The summed E-state index contributed by atoms with van der Waals surface area (Å²) in [6.45, 7) is 0. The number of rotatable bonds is 0. The lowest BCUT2D eigenvalue weighted by Crippen LogP contribution is -1.88. The van der Waals surface area contributed by atoms with E-state index in [1.807, 2.05) is 0 Å². The van der Waals surface area contributed by atoms with Crippen molar-refractivity contribution in [1.82, 2.24) is 0 Å². The minimum absolute atomic E-state index is 0. The van der Waals surface area contributed by atoms with Crippen LogP contribution in [-0.4, -0.2) is 24.7 Å². The van der Waals surface area contributed by atoms with Crippen LogP contribution >= 0.6 is 0 Å². The van der Waals surface area contributed by atoms with E-state index in [9.17, 15) is 0 Å². The summed E-state index contributed by atoms with van der Waals surface area (Å²) in [6.07, 6.45) is 0.604. The van der Waals surface area contributed by atoms with Gasteiger partial charge in [-0.3, -0.25) is 0 Å². The highest BCUT2D eigenvalue weighted by Crippen LogP contribution is 1.59. The van der Waals surface area contributed by atoms with Gasteiger partial charge in [0.05, 0.1) is 10.1 Å². The normalized spacial score (nSPS) is 9.67. The van der Waals surface area contributed by atoms with E-state index >= 15 is 0 Å². The van der Waals surface area contributed by atoms with E-state index in [1.54, 1.807) is 0 Å². The van der Waals surface area contributed by atoms with E-state index < -0.39 is 10.1 Å². The minimum Gasteiger partial charge on any atom is -0.748 e. The van der Waals surface area contributed by atoms with Crippen LogP contribution in [0.3, 0.4) is 0 Å². The van der Waals surface area contributed by atoms with Crippen LogP contribution in [0.5, 0.6) is 0 Å². The molecule has 0 radical (unpaired) electrons. The molecule has 0 rings (SSSR count). The molecule has 0 fully saturated rings. The van der Waals surface area contributed by atoms with E-state index in [1.165, 1.54) is 0 Å². The van der Waals surface area contributed by atoms with Gasteiger partial charge in [0.25, 0.3) is 0 Å². The van der Waals surface area contributed by atoms with Gasteiger partial charge in [-0.05, 0) is 0 Å². The van der Waals surface area contributed by atoms with Crippen LogP contribution in [0.25, 0.3) is 0 Å². The first-order valence-electron chi connectivity index (χ1n) is 0.908. The maximum atomic E-state index is 9.08. The van der Waals surface area contributed by atoms with Crippen LogP contribution in [0.1, 0.15) is 0 Å². The van der Waals surface area contributed by atoms with Crippen molar-refractivity contribution in [1.29, 1.82) is 0 Å². The lowest BCUT2D eigenvalue weighted by molar-refractivity contribution is 0.470. The fourth-order valence-corrected chi connectivity index (χ4v) is 0. The Kier molecular flexibility index (Phi) is 3.28. The third-order valence-corrected chi connectivity index (χ3v) is 0. The van der Waals surface area contributed by atoms with Crippen molar-refractivity contribution >= 4 is 10.1 Å². The van der Waals surface area contributed by atoms with Crippen LogP contribution in [0.2, 0.25) is 0 Å². The summed E-state index contributed by atoms with van der Waals surface area (Å²) in [7, 11) is -3.92. The van der Waals surface area contributed by atoms with Crippen molar-refractivity contribution in [2.75, 3.05) is 6.26 Å². The Morgan fingerprint density at radius 2 is 1.50 bits per heavy atom. The van der Waals surface area contributed by atoms with Crippen molar-refractivity contribution in [2.45, 2.75) is 0 Å². The summed E-state index contributed by atoms with van der Waals surface area (Å²) >= 11 is 0. The highest BCUT2D eigenvalue weighted by atomic mass is 32.2. The molecule has 2 N–H and O–H groups in total. The molecule has 0 saturated carbocycles. The monoisotopic (exact) mass is 113 g/mol. The van der Waals surface area contributed by atoms with Gasteiger partial charge in [0.15, 0.2) is 0 Å². The van der Waals surface area contributed by atoms with Gasteiger partial charge in [0.1, 0.15) is 0 Å². The van der Waals surface area contributed by atoms with E-state index in [-0.39, 0.29) is 5.48 Å². The summed E-state index contributed by atoms with van der Waals surface area (Å²) in [5, 5.41) is 0. The van der Waals surface area contributed by atoms with Crippen LogP contribution < -0.4 is 0 Å². The van der Waals surface area contributed by atoms with Gasteiger partial charge in [0.2, 0.25) is 0 Å². The molecule has 0 aliphatic rings. The van der Waals surface area contributed by atoms with Crippen molar-refractivity contribution in [3.8, 4) is 0 Å². The van der Waals surface area contributed by atoms with Gasteiger partial charge in [-0.25, -0.2) is 8.42 Å². The number of hydrogen-bond acceptors (Lipinski definition) is 3. The lowest BCUT2D eigenvalue weighted by Gasteiger charge is -1.90. The molecular formula is CH5O4S-. The largest absolute Gasteiger partial charge is 0.748 e. The highest BCUT2D eigenvalue weighted by Gasteiger charge is 1.65. The Bertz CT molecular complexity index is 90.7. The summed E-state index contributed by atoms with van der Waals surface area (Å²) in [5.41, 5.74) is 0. The summed E-state index contributed by atoms with van der Waals surface area (Å²) in [6, 6.07) is 0. The van der Waals surface area contributed by atoms with Crippen molar-refractivity contribution < 1.29 is 18.4 Å². The second-order valence-electron chi connectivity index (χ2n) is 0.704. The molecule has 0 amide bonds. The van der Waals surface area contributed by atoms with Crippen LogP contribution in [0.4, 0.5) is 0 Å². The predicted molar refractivity (Wildman–Crippen MR) is 19.2 cm³/mol. The summed E-state index contributed by atoms with van der Waals surface area (Å²) < 4.78 is 27.2. The topological polar surface area (TPSA) is 88.7 Å². The van der Waals surface area contributed by atoms with Crippen LogP contribution in [0, 0.1) is 0 Å². The Labute approximate surface area is 35.8 Å². The first kappa shape index (κ1) is 9.30. The van der Waals surface area contributed by atoms with Crippen molar-refractivity contribution in [3.05, 3.63) is 0 Å². The third-order valence-electron chi connectivity index (χ3n) is 0. The SMILES string of the molecule is CS(=O)(=O)[O-].O. The third kappa shape index (κ3) is 1890. The minimum atomic E-state index is -3.92. The predicted octanol–water partition coefficient (Wildman–Crippen LogP) is -1.66. The van der Waals surface area contributed by atoms with E-state index in [0.29, 0.717) is 6.26 Å². The fourth-order valence-electron chi connectivity index (χ4n) is 0. The Morgan fingerprint density at radius 1 is 1.50 bits per heavy atom. The number of hydrogen-bond donors (Lipinski definition) is 0. The average Bonchev–Trinajstić information content (AvgIpc) is 0.722. The lowest BCUT2D eigenvalue weighted by atomic mass is 12.0. The Morgan fingerprint density at radius 3 is 1.50 bits per heavy atom. The second kappa shape index (κ2) is 2.12. The molecule has 0 aliphatic carbocycles. The maximum absolute atomic E-state index is 9.08. The quantitative estimate of drug-likeness (QED) is 0.352. The molecule has 0 aromatic rings. The zero-order valence-corrected chi connectivity index (χ0v) is 3.95. The van der Waals surface area contributed by atoms with Gasteiger partial charge >= 0.3 is 0 Å². The van der Waals surface area contributed by atoms with Gasteiger partial charge < -0.3 is 10.0 Å². The van der Waals surface area contributed by atoms with E-state index in [0.717, 1.165) is 0 Å².